The molecule has 0 bridgehead atoms. The van der Waals surface area contributed by atoms with Crippen LogP contribution >= 0.6 is 11.3 Å². The largest absolute Gasteiger partial charge is 0.490 e. The van der Waals surface area contributed by atoms with Crippen molar-refractivity contribution in [3.05, 3.63) is 46.9 Å². The molecule has 1 aliphatic carbocycles. The average molecular weight is 544 g/mol. The predicted molar refractivity (Wildman–Crippen MR) is 114 cm³/mol. The van der Waals surface area contributed by atoms with Gasteiger partial charge in [-0.05, 0) is 47.4 Å². The summed E-state index contributed by atoms with van der Waals surface area (Å²) in [6.45, 7) is 2.82. The molecule has 2 aromatic rings. The number of hydrogen-bond donors (Lipinski definition) is 2. The van der Waals surface area contributed by atoms with Crippen LogP contribution in [0, 0.1) is 0 Å². The van der Waals surface area contributed by atoms with Crippen molar-refractivity contribution in [3.63, 3.8) is 0 Å². The Hall–Kier alpha value is -2.91. The van der Waals surface area contributed by atoms with Crippen molar-refractivity contribution in [2.75, 3.05) is 13.2 Å². The lowest BCUT2D eigenvalue weighted by Gasteiger charge is -2.38. The molecule has 36 heavy (non-hydrogen) atoms. The summed E-state index contributed by atoms with van der Waals surface area (Å²) in [5.41, 5.74) is 1.40. The highest BCUT2D eigenvalue weighted by atomic mass is 32.1. The van der Waals surface area contributed by atoms with E-state index >= 15 is 0 Å². The van der Waals surface area contributed by atoms with Crippen LogP contribution in [-0.2, 0) is 20.9 Å². The first-order valence-electron chi connectivity index (χ1n) is 10.3. The number of fused-ring (bicyclic) bond motifs is 1. The zero-order valence-electron chi connectivity index (χ0n) is 18.4. The van der Waals surface area contributed by atoms with E-state index < -0.39 is 24.3 Å². The van der Waals surface area contributed by atoms with Gasteiger partial charge in [-0.3, -0.25) is 9.88 Å². The number of pyridine rings is 1. The fourth-order valence-corrected chi connectivity index (χ4v) is 4.18. The number of alkyl halides is 6. The second-order valence-electron chi connectivity index (χ2n) is 7.53. The summed E-state index contributed by atoms with van der Waals surface area (Å²) < 4.78 is 75.6. The molecule has 1 saturated heterocycles. The van der Waals surface area contributed by atoms with E-state index in [1.54, 1.807) is 23.7 Å². The molecule has 2 fully saturated rings. The second-order valence-corrected chi connectivity index (χ2v) is 8.31. The Balaban J connectivity index is 0.000000271. The fraction of sp³-hybridized carbons (Fsp3) is 0.476. The van der Waals surface area contributed by atoms with Crippen molar-refractivity contribution in [2.45, 2.75) is 50.0 Å². The van der Waals surface area contributed by atoms with Gasteiger partial charge in [-0.2, -0.15) is 37.7 Å². The van der Waals surface area contributed by atoms with E-state index in [1.165, 1.54) is 5.56 Å². The Bertz CT molecular complexity index is 934. The van der Waals surface area contributed by atoms with Crippen LogP contribution in [0.25, 0.3) is 0 Å². The van der Waals surface area contributed by atoms with Crippen LogP contribution in [0.5, 0.6) is 5.75 Å². The van der Waals surface area contributed by atoms with E-state index in [1.807, 2.05) is 12.1 Å². The lowest BCUT2D eigenvalue weighted by atomic mass is 10.1. The summed E-state index contributed by atoms with van der Waals surface area (Å²) >= 11 is 1.77. The third-order valence-electron chi connectivity index (χ3n) is 5.02. The van der Waals surface area contributed by atoms with Crippen LogP contribution in [0.2, 0.25) is 0 Å². The van der Waals surface area contributed by atoms with Crippen LogP contribution in [0.4, 0.5) is 26.3 Å². The molecule has 1 saturated carbocycles. The van der Waals surface area contributed by atoms with Gasteiger partial charge in [0.15, 0.2) is 0 Å². The monoisotopic (exact) mass is 544 g/mol. The number of hydrogen-bond acceptors (Lipinski definition) is 7. The molecule has 3 heterocycles. The zero-order chi connectivity index (χ0) is 26.9. The Labute approximate surface area is 205 Å². The minimum absolute atomic E-state index is 0.138. The van der Waals surface area contributed by atoms with Crippen molar-refractivity contribution >= 4 is 23.3 Å². The topological polar surface area (TPSA) is 109 Å². The first-order valence-corrected chi connectivity index (χ1v) is 11.3. The van der Waals surface area contributed by atoms with E-state index in [-0.39, 0.29) is 12.2 Å². The molecule has 0 spiro atoms. The smallest absolute Gasteiger partial charge is 0.486 e. The molecule has 1 aliphatic heterocycles. The maximum atomic E-state index is 10.6. The predicted octanol–water partition coefficient (Wildman–Crippen LogP) is 4.22. The molecular weight excluding hydrogens is 522 g/mol. The van der Waals surface area contributed by atoms with Gasteiger partial charge in [0, 0.05) is 25.3 Å². The molecule has 8 nitrogen and oxygen atoms in total. The summed E-state index contributed by atoms with van der Waals surface area (Å²) in [4.78, 5) is 24.5. The van der Waals surface area contributed by atoms with Gasteiger partial charge in [-0.15, -0.1) is 0 Å². The summed E-state index contributed by atoms with van der Waals surface area (Å²) in [6, 6.07) is 6.56. The lowest BCUT2D eigenvalue weighted by molar-refractivity contribution is -0.193. The Morgan fingerprint density at radius 2 is 1.75 bits per heavy atom. The van der Waals surface area contributed by atoms with E-state index in [4.69, 9.17) is 29.3 Å². The number of morpholine rings is 1. The number of aliphatic carboxylic acids is 2. The lowest BCUT2D eigenvalue weighted by Crippen LogP contribution is -2.51. The minimum atomic E-state index is -5.08. The van der Waals surface area contributed by atoms with Gasteiger partial charge in [0.1, 0.15) is 18.0 Å². The SMILES string of the molecule is O=C(O)C(F)(F)F.O=C(O)C(F)(F)F.c1cncc(O[C@H]2CC[C@H]3[C@H]2OCCN3Cc2ccsc2)c1. The number of nitrogens with zero attached hydrogens (tertiary/aromatic N) is 2. The van der Waals surface area contributed by atoms with Crippen molar-refractivity contribution in [1.29, 1.82) is 0 Å². The highest BCUT2D eigenvalue weighted by Gasteiger charge is 2.44. The number of aromatic nitrogens is 1. The maximum absolute atomic E-state index is 10.6. The summed E-state index contributed by atoms with van der Waals surface area (Å²) in [5.74, 6) is -4.67. The van der Waals surface area contributed by atoms with E-state index in [9.17, 15) is 26.3 Å². The van der Waals surface area contributed by atoms with Crippen LogP contribution in [0.1, 0.15) is 18.4 Å². The fourth-order valence-electron chi connectivity index (χ4n) is 3.52. The molecule has 0 unspecified atom stereocenters. The van der Waals surface area contributed by atoms with Crippen molar-refractivity contribution in [1.82, 2.24) is 9.88 Å². The van der Waals surface area contributed by atoms with Crippen LogP contribution in [0.3, 0.4) is 0 Å². The minimum Gasteiger partial charge on any atom is -0.486 e. The highest BCUT2D eigenvalue weighted by Crippen LogP contribution is 2.33. The standard InChI is InChI=1S/C17H20N2O2S.2C2HF3O2/c1-2-14(10-18-6-1)21-16-4-3-15-17(16)20-8-7-19(15)11-13-5-9-22-12-13;2*3-2(4,5)1(6)7/h1-2,5-6,9-10,12,15-17H,3-4,7-8,11H2;2*(H,6,7)/t15-,16-,17+;;/m0../s1. The summed E-state index contributed by atoms with van der Waals surface area (Å²) in [5, 5.41) is 18.6. The van der Waals surface area contributed by atoms with Crippen molar-refractivity contribution in [2.24, 2.45) is 0 Å². The Morgan fingerprint density at radius 3 is 2.25 bits per heavy atom. The Morgan fingerprint density at radius 1 is 1.11 bits per heavy atom. The normalized spacial score (nSPS) is 21.8. The number of thiophene rings is 1. The number of carboxylic acid groups (broad SMARTS) is 2. The molecule has 3 atom stereocenters. The number of ether oxygens (including phenoxy) is 2. The van der Waals surface area contributed by atoms with E-state index in [0.29, 0.717) is 6.04 Å². The average Bonchev–Trinajstić information content (AvgIpc) is 3.45. The van der Waals surface area contributed by atoms with Crippen molar-refractivity contribution in [3.8, 4) is 5.75 Å². The third kappa shape index (κ3) is 9.28. The Kier molecular flexibility index (Phi) is 10.5. The molecule has 200 valence electrons. The molecule has 2 aliphatic rings. The number of carbonyl (C=O) groups is 2. The zero-order valence-corrected chi connectivity index (χ0v) is 19.2. The second kappa shape index (κ2) is 12.9. The van der Waals surface area contributed by atoms with Gasteiger partial charge in [-0.1, -0.05) is 0 Å². The van der Waals surface area contributed by atoms with Gasteiger partial charge in [0.2, 0.25) is 0 Å². The summed E-state index contributed by atoms with van der Waals surface area (Å²) in [6.07, 6.45) is -4.13. The molecule has 4 rings (SSSR count). The highest BCUT2D eigenvalue weighted by molar-refractivity contribution is 7.07. The molecule has 2 N–H and O–H groups in total. The van der Waals surface area contributed by atoms with E-state index in [0.717, 1.165) is 38.3 Å². The van der Waals surface area contributed by atoms with Gasteiger partial charge in [0.05, 0.1) is 12.8 Å². The molecular formula is C21H22F6N2O6S. The molecule has 0 aromatic carbocycles. The van der Waals surface area contributed by atoms with Gasteiger partial charge in [-0.25, -0.2) is 9.59 Å². The maximum Gasteiger partial charge on any atom is 0.490 e. The first kappa shape index (κ1) is 29.3. The number of halogens is 6. The van der Waals surface area contributed by atoms with Gasteiger partial charge < -0.3 is 19.7 Å². The first-order chi connectivity index (χ1) is 16.8. The quantitative estimate of drug-likeness (QED) is 0.551. The van der Waals surface area contributed by atoms with Crippen LogP contribution in [0.15, 0.2) is 41.4 Å². The number of rotatable bonds is 4. The summed E-state index contributed by atoms with van der Waals surface area (Å²) in [7, 11) is 0. The van der Waals surface area contributed by atoms with Crippen LogP contribution in [-0.4, -0.2) is 75.8 Å². The molecule has 15 heteroatoms. The molecule has 2 aromatic heterocycles. The van der Waals surface area contributed by atoms with Crippen LogP contribution < -0.4 is 4.74 Å². The molecule has 0 radical (unpaired) electrons. The third-order valence-corrected chi connectivity index (χ3v) is 5.76. The van der Waals surface area contributed by atoms with Gasteiger partial charge >= 0.3 is 24.3 Å². The number of carboxylic acids is 2. The van der Waals surface area contributed by atoms with Crippen molar-refractivity contribution < 1.29 is 55.6 Å². The van der Waals surface area contributed by atoms with E-state index in [2.05, 4.69) is 26.7 Å². The van der Waals surface area contributed by atoms with Gasteiger partial charge in [0.25, 0.3) is 0 Å². The molecule has 0 amide bonds.